The summed E-state index contributed by atoms with van der Waals surface area (Å²) in [6.45, 7) is 8.45. The lowest BCUT2D eigenvalue weighted by molar-refractivity contribution is -0.00944. The molecule has 96 valence electrons. The van der Waals surface area contributed by atoms with Crippen LogP contribution in [0.1, 0.15) is 51.2 Å². The number of hydrogen-bond acceptors (Lipinski definition) is 5. The van der Waals surface area contributed by atoms with Crippen molar-refractivity contribution in [1.29, 1.82) is 0 Å². The van der Waals surface area contributed by atoms with Crippen LogP contribution in [0.15, 0.2) is 4.52 Å². The Morgan fingerprint density at radius 3 is 2.59 bits per heavy atom. The standard InChI is InChI=1S/C12H21N3O2/c1-9(2)11-13-10(17-14-11)8-15-6-4-12(3,16)5-7-15/h9,16H,4-8H2,1-3H3. The Kier molecular flexibility index (Phi) is 3.49. The molecule has 1 saturated heterocycles. The van der Waals surface area contributed by atoms with Gasteiger partial charge in [-0.3, -0.25) is 4.90 Å². The smallest absolute Gasteiger partial charge is 0.240 e. The quantitative estimate of drug-likeness (QED) is 0.867. The summed E-state index contributed by atoms with van der Waals surface area (Å²) in [5.74, 6) is 1.74. The average molecular weight is 239 g/mol. The molecule has 2 heterocycles. The normalized spacial score (nSPS) is 21.0. The third kappa shape index (κ3) is 3.26. The molecule has 0 atom stereocenters. The Morgan fingerprint density at radius 1 is 1.41 bits per heavy atom. The topological polar surface area (TPSA) is 62.4 Å². The molecule has 0 aromatic carbocycles. The molecule has 0 unspecified atom stereocenters. The largest absolute Gasteiger partial charge is 0.390 e. The molecule has 0 bridgehead atoms. The highest BCUT2D eigenvalue weighted by Gasteiger charge is 2.28. The monoisotopic (exact) mass is 239 g/mol. The number of aromatic nitrogens is 2. The van der Waals surface area contributed by atoms with Crippen LogP contribution in [0.25, 0.3) is 0 Å². The molecule has 1 aromatic heterocycles. The second-order valence-electron chi connectivity index (χ2n) is 5.47. The fourth-order valence-corrected chi connectivity index (χ4v) is 1.95. The molecule has 0 aliphatic carbocycles. The van der Waals surface area contributed by atoms with Crippen molar-refractivity contribution in [1.82, 2.24) is 15.0 Å². The molecular weight excluding hydrogens is 218 g/mol. The van der Waals surface area contributed by atoms with Gasteiger partial charge in [-0.15, -0.1) is 0 Å². The van der Waals surface area contributed by atoms with E-state index in [0.29, 0.717) is 18.4 Å². The van der Waals surface area contributed by atoms with Gasteiger partial charge >= 0.3 is 0 Å². The van der Waals surface area contributed by atoms with Crippen molar-refractivity contribution in [2.75, 3.05) is 13.1 Å². The first kappa shape index (κ1) is 12.5. The second kappa shape index (κ2) is 4.74. The zero-order valence-corrected chi connectivity index (χ0v) is 10.8. The SMILES string of the molecule is CC(C)c1noc(CN2CCC(C)(O)CC2)n1. The maximum absolute atomic E-state index is 9.86. The molecule has 1 aliphatic rings. The highest BCUT2D eigenvalue weighted by molar-refractivity contribution is 4.92. The van der Waals surface area contributed by atoms with E-state index < -0.39 is 5.60 Å². The summed E-state index contributed by atoms with van der Waals surface area (Å²) in [5, 5.41) is 13.8. The van der Waals surface area contributed by atoms with E-state index in [-0.39, 0.29) is 0 Å². The Morgan fingerprint density at radius 2 is 2.06 bits per heavy atom. The third-order valence-corrected chi connectivity index (χ3v) is 3.29. The van der Waals surface area contributed by atoms with E-state index in [1.165, 1.54) is 0 Å². The maximum Gasteiger partial charge on any atom is 0.240 e. The molecule has 0 radical (unpaired) electrons. The summed E-state index contributed by atoms with van der Waals surface area (Å²) in [6.07, 6.45) is 1.61. The summed E-state index contributed by atoms with van der Waals surface area (Å²) in [7, 11) is 0. The van der Waals surface area contributed by atoms with Crippen molar-refractivity contribution in [2.24, 2.45) is 0 Å². The second-order valence-corrected chi connectivity index (χ2v) is 5.47. The number of nitrogens with zero attached hydrogens (tertiary/aromatic N) is 3. The number of aliphatic hydroxyl groups is 1. The first-order chi connectivity index (χ1) is 7.96. The Hall–Kier alpha value is -0.940. The zero-order chi connectivity index (χ0) is 12.5. The molecule has 0 saturated carbocycles. The van der Waals surface area contributed by atoms with Crippen LogP contribution in [-0.2, 0) is 6.54 Å². The van der Waals surface area contributed by atoms with Crippen molar-refractivity contribution in [3.8, 4) is 0 Å². The number of hydrogen-bond donors (Lipinski definition) is 1. The van der Waals surface area contributed by atoms with Gasteiger partial charge < -0.3 is 9.63 Å². The van der Waals surface area contributed by atoms with Crippen molar-refractivity contribution < 1.29 is 9.63 Å². The number of rotatable bonds is 3. The molecule has 0 spiro atoms. The summed E-state index contributed by atoms with van der Waals surface area (Å²) in [4.78, 5) is 6.60. The summed E-state index contributed by atoms with van der Waals surface area (Å²) in [5.41, 5.74) is -0.506. The lowest BCUT2D eigenvalue weighted by atomic mass is 9.94. The van der Waals surface area contributed by atoms with Crippen LogP contribution < -0.4 is 0 Å². The minimum Gasteiger partial charge on any atom is -0.390 e. The third-order valence-electron chi connectivity index (χ3n) is 3.29. The maximum atomic E-state index is 9.86. The summed E-state index contributed by atoms with van der Waals surface area (Å²) >= 11 is 0. The van der Waals surface area contributed by atoms with E-state index in [9.17, 15) is 5.11 Å². The van der Waals surface area contributed by atoms with Crippen LogP contribution in [0, 0.1) is 0 Å². The first-order valence-corrected chi connectivity index (χ1v) is 6.23. The molecule has 17 heavy (non-hydrogen) atoms. The van der Waals surface area contributed by atoms with Gasteiger partial charge in [0.25, 0.3) is 0 Å². The van der Waals surface area contributed by atoms with Crippen LogP contribution in [0.2, 0.25) is 0 Å². The van der Waals surface area contributed by atoms with Gasteiger partial charge in [0.05, 0.1) is 12.1 Å². The minimum absolute atomic E-state index is 0.301. The van der Waals surface area contributed by atoms with Crippen molar-refractivity contribution in [2.45, 2.75) is 51.7 Å². The number of piperidine rings is 1. The minimum atomic E-state index is -0.506. The molecular formula is C12H21N3O2. The lowest BCUT2D eigenvalue weighted by Gasteiger charge is -2.34. The van der Waals surface area contributed by atoms with Crippen molar-refractivity contribution in [3.05, 3.63) is 11.7 Å². The van der Waals surface area contributed by atoms with Crippen LogP contribution in [0.4, 0.5) is 0 Å². The van der Waals surface area contributed by atoms with Crippen molar-refractivity contribution in [3.63, 3.8) is 0 Å². The van der Waals surface area contributed by atoms with Gasteiger partial charge in [-0.25, -0.2) is 0 Å². The molecule has 5 nitrogen and oxygen atoms in total. The lowest BCUT2D eigenvalue weighted by Crippen LogP contribution is -2.42. The molecule has 1 N–H and O–H groups in total. The van der Waals surface area contributed by atoms with Gasteiger partial charge in [0.1, 0.15) is 0 Å². The highest BCUT2D eigenvalue weighted by Crippen LogP contribution is 2.22. The van der Waals surface area contributed by atoms with E-state index >= 15 is 0 Å². The van der Waals surface area contributed by atoms with Gasteiger partial charge in [-0.1, -0.05) is 19.0 Å². The molecule has 1 aromatic rings. The Bertz CT molecular complexity index is 364. The zero-order valence-electron chi connectivity index (χ0n) is 10.8. The summed E-state index contributed by atoms with van der Waals surface area (Å²) in [6, 6.07) is 0. The van der Waals surface area contributed by atoms with E-state index in [1.54, 1.807) is 0 Å². The van der Waals surface area contributed by atoms with Crippen molar-refractivity contribution >= 4 is 0 Å². The predicted molar refractivity (Wildman–Crippen MR) is 63.5 cm³/mol. The van der Waals surface area contributed by atoms with Gasteiger partial charge in [0.15, 0.2) is 5.82 Å². The molecule has 2 rings (SSSR count). The van der Waals surface area contributed by atoms with Crippen LogP contribution in [0.5, 0.6) is 0 Å². The van der Waals surface area contributed by atoms with Gasteiger partial charge in [-0.05, 0) is 19.8 Å². The fraction of sp³-hybridized carbons (Fsp3) is 0.833. The predicted octanol–water partition coefficient (Wildman–Crippen LogP) is 1.54. The van der Waals surface area contributed by atoms with E-state index in [2.05, 4.69) is 15.0 Å². The number of likely N-dealkylation sites (tertiary alicyclic amines) is 1. The average Bonchev–Trinajstić information content (AvgIpc) is 2.70. The van der Waals surface area contributed by atoms with Crippen LogP contribution in [-0.4, -0.2) is 38.8 Å². The highest BCUT2D eigenvalue weighted by atomic mass is 16.5. The first-order valence-electron chi connectivity index (χ1n) is 6.23. The van der Waals surface area contributed by atoms with Gasteiger partial charge in [0.2, 0.25) is 5.89 Å². The van der Waals surface area contributed by atoms with E-state index in [0.717, 1.165) is 31.8 Å². The molecule has 1 fully saturated rings. The fourth-order valence-electron chi connectivity index (χ4n) is 1.95. The molecule has 0 amide bonds. The van der Waals surface area contributed by atoms with Gasteiger partial charge in [0, 0.05) is 19.0 Å². The van der Waals surface area contributed by atoms with E-state index in [4.69, 9.17) is 4.52 Å². The molecule has 5 heteroatoms. The van der Waals surface area contributed by atoms with Crippen LogP contribution >= 0.6 is 0 Å². The van der Waals surface area contributed by atoms with Gasteiger partial charge in [-0.2, -0.15) is 4.98 Å². The van der Waals surface area contributed by atoms with Crippen LogP contribution in [0.3, 0.4) is 0 Å². The molecule has 1 aliphatic heterocycles. The van der Waals surface area contributed by atoms with E-state index in [1.807, 2.05) is 20.8 Å². The Labute approximate surface area is 102 Å². The summed E-state index contributed by atoms with van der Waals surface area (Å²) < 4.78 is 5.22. The Balaban J connectivity index is 1.89.